The van der Waals surface area contributed by atoms with Gasteiger partial charge in [0.05, 0.1) is 31.5 Å². The lowest BCUT2D eigenvalue weighted by molar-refractivity contribution is -0.149. The van der Waals surface area contributed by atoms with E-state index in [0.29, 0.717) is 11.4 Å². The first kappa shape index (κ1) is 22.2. The number of esters is 3. The minimum Gasteiger partial charge on any atom is -0.468 e. The van der Waals surface area contributed by atoms with Gasteiger partial charge in [-0.05, 0) is 46.8 Å². The molecule has 1 aromatic carbocycles. The normalized spacial score (nSPS) is 14.8. The molecular weight excluding hydrogens is 374 g/mol. The molecule has 0 saturated carbocycles. The second-order valence-electron chi connectivity index (χ2n) is 6.57. The monoisotopic (exact) mass is 401 g/mol. The third-order valence-electron chi connectivity index (χ3n) is 4.75. The number of methoxy groups -OCH3 is 1. The third kappa shape index (κ3) is 4.34. The summed E-state index contributed by atoms with van der Waals surface area (Å²) in [5.41, 5.74) is 2.93. The summed E-state index contributed by atoms with van der Waals surface area (Å²) in [6.07, 6.45) is 0. The molecule has 1 heterocycles. The van der Waals surface area contributed by atoms with Crippen LogP contribution < -0.4 is 4.90 Å². The molecule has 0 saturated heterocycles. The maximum Gasteiger partial charge on any atom is 0.337 e. The van der Waals surface area contributed by atoms with Crippen LogP contribution in [-0.2, 0) is 28.6 Å². The van der Waals surface area contributed by atoms with Gasteiger partial charge in [0.1, 0.15) is 5.92 Å². The minimum atomic E-state index is -1.22. The first-order valence-corrected chi connectivity index (χ1v) is 9.48. The first-order chi connectivity index (χ1) is 13.8. The molecule has 0 fully saturated rings. The molecule has 1 aliphatic heterocycles. The van der Waals surface area contributed by atoms with E-state index in [0.717, 1.165) is 11.3 Å². The Bertz CT molecular complexity index is 824. The fourth-order valence-electron chi connectivity index (χ4n) is 3.44. The zero-order chi connectivity index (χ0) is 21.7. The summed E-state index contributed by atoms with van der Waals surface area (Å²) < 4.78 is 15.3. The van der Waals surface area contributed by atoms with E-state index in [1.807, 2.05) is 31.2 Å². The Morgan fingerprint density at radius 1 is 0.862 bits per heavy atom. The third-order valence-corrected chi connectivity index (χ3v) is 4.75. The molecule has 0 bridgehead atoms. The summed E-state index contributed by atoms with van der Waals surface area (Å²) in [7, 11) is 1.21. The molecule has 0 unspecified atom stereocenters. The fourth-order valence-corrected chi connectivity index (χ4v) is 3.44. The minimum absolute atomic E-state index is 0.0629. The van der Waals surface area contributed by atoms with Gasteiger partial charge >= 0.3 is 17.9 Å². The number of benzene rings is 1. The lowest BCUT2D eigenvalue weighted by atomic mass is 9.84. The molecule has 0 atom stereocenters. The fraction of sp³-hybridized carbons (Fsp3) is 0.409. The molecule has 0 spiro atoms. The van der Waals surface area contributed by atoms with Gasteiger partial charge in [-0.25, -0.2) is 9.59 Å². The van der Waals surface area contributed by atoms with Crippen LogP contribution in [0.25, 0.3) is 0 Å². The van der Waals surface area contributed by atoms with Crippen molar-refractivity contribution < 1.29 is 28.6 Å². The van der Waals surface area contributed by atoms with Crippen LogP contribution in [0.15, 0.2) is 46.8 Å². The molecule has 156 valence electrons. The first-order valence-electron chi connectivity index (χ1n) is 9.48. The van der Waals surface area contributed by atoms with Crippen molar-refractivity contribution in [1.82, 2.24) is 0 Å². The number of ether oxygens (including phenoxy) is 3. The van der Waals surface area contributed by atoms with Gasteiger partial charge in [-0.2, -0.15) is 0 Å². The van der Waals surface area contributed by atoms with Gasteiger partial charge in [-0.1, -0.05) is 17.7 Å². The summed E-state index contributed by atoms with van der Waals surface area (Å²) >= 11 is 0. The Morgan fingerprint density at radius 3 is 1.69 bits per heavy atom. The number of hydrogen-bond acceptors (Lipinski definition) is 7. The van der Waals surface area contributed by atoms with Crippen molar-refractivity contribution in [2.24, 2.45) is 5.92 Å². The van der Waals surface area contributed by atoms with Crippen LogP contribution in [0, 0.1) is 12.8 Å². The van der Waals surface area contributed by atoms with Crippen LogP contribution in [0.5, 0.6) is 0 Å². The lowest BCUT2D eigenvalue weighted by Crippen LogP contribution is -2.40. The maximum atomic E-state index is 12.8. The Kier molecular flexibility index (Phi) is 7.20. The molecule has 0 amide bonds. The Balaban J connectivity index is 2.78. The van der Waals surface area contributed by atoms with Crippen molar-refractivity contribution in [2.45, 2.75) is 34.6 Å². The average molecular weight is 401 g/mol. The Morgan fingerprint density at radius 2 is 1.31 bits per heavy atom. The van der Waals surface area contributed by atoms with Crippen LogP contribution >= 0.6 is 0 Å². The highest BCUT2D eigenvalue weighted by Crippen LogP contribution is 2.40. The van der Waals surface area contributed by atoms with E-state index in [4.69, 9.17) is 14.2 Å². The van der Waals surface area contributed by atoms with Crippen molar-refractivity contribution in [2.75, 3.05) is 25.2 Å². The quantitative estimate of drug-likeness (QED) is 0.534. The van der Waals surface area contributed by atoms with E-state index in [9.17, 15) is 14.4 Å². The van der Waals surface area contributed by atoms with Crippen molar-refractivity contribution >= 4 is 23.6 Å². The lowest BCUT2D eigenvalue weighted by Gasteiger charge is -2.36. The highest BCUT2D eigenvalue weighted by molar-refractivity contribution is 6.07. The Labute approximate surface area is 170 Å². The molecule has 1 aliphatic rings. The summed E-state index contributed by atoms with van der Waals surface area (Å²) in [5.74, 6) is -3.29. The van der Waals surface area contributed by atoms with Gasteiger partial charge in [-0.3, -0.25) is 4.79 Å². The second kappa shape index (κ2) is 9.41. The number of rotatable bonds is 6. The predicted molar refractivity (Wildman–Crippen MR) is 108 cm³/mol. The van der Waals surface area contributed by atoms with Gasteiger partial charge in [-0.15, -0.1) is 0 Å². The number of anilines is 1. The molecule has 0 N–H and O–H groups in total. The summed E-state index contributed by atoms with van der Waals surface area (Å²) in [6.45, 7) is 9.01. The molecule has 7 heteroatoms. The molecule has 0 aliphatic carbocycles. The number of carbonyl (C=O) groups excluding carboxylic acids is 3. The summed E-state index contributed by atoms with van der Waals surface area (Å²) in [6, 6.07) is 7.62. The molecule has 2 rings (SSSR count). The van der Waals surface area contributed by atoms with Gasteiger partial charge < -0.3 is 19.1 Å². The van der Waals surface area contributed by atoms with E-state index < -0.39 is 23.8 Å². The van der Waals surface area contributed by atoms with Gasteiger partial charge in [0.25, 0.3) is 0 Å². The van der Waals surface area contributed by atoms with E-state index in [-0.39, 0.29) is 24.4 Å². The van der Waals surface area contributed by atoms with E-state index in [2.05, 4.69) is 0 Å². The van der Waals surface area contributed by atoms with Crippen LogP contribution in [-0.4, -0.2) is 38.2 Å². The molecule has 0 radical (unpaired) electrons. The van der Waals surface area contributed by atoms with Gasteiger partial charge in [0, 0.05) is 17.1 Å². The van der Waals surface area contributed by atoms with Gasteiger partial charge in [0.15, 0.2) is 0 Å². The molecular formula is C22H27NO6. The van der Waals surface area contributed by atoms with E-state index in [1.165, 1.54) is 7.11 Å². The van der Waals surface area contributed by atoms with Crippen LogP contribution in [0.1, 0.15) is 33.3 Å². The van der Waals surface area contributed by atoms with Crippen molar-refractivity contribution in [3.63, 3.8) is 0 Å². The number of nitrogens with zero attached hydrogens (tertiary/aromatic N) is 1. The zero-order valence-corrected chi connectivity index (χ0v) is 17.7. The van der Waals surface area contributed by atoms with Crippen LogP contribution in [0.3, 0.4) is 0 Å². The molecule has 7 nitrogen and oxygen atoms in total. The maximum absolute atomic E-state index is 12.8. The topological polar surface area (TPSA) is 82.1 Å². The number of allylic oxidation sites excluding steroid dienone is 2. The highest BCUT2D eigenvalue weighted by Gasteiger charge is 2.44. The van der Waals surface area contributed by atoms with Crippen LogP contribution in [0.2, 0.25) is 0 Å². The van der Waals surface area contributed by atoms with Crippen molar-refractivity contribution in [3.8, 4) is 0 Å². The molecule has 29 heavy (non-hydrogen) atoms. The number of aryl methyl sites for hydroxylation is 1. The molecule has 0 aromatic heterocycles. The smallest absolute Gasteiger partial charge is 0.337 e. The van der Waals surface area contributed by atoms with E-state index >= 15 is 0 Å². The summed E-state index contributed by atoms with van der Waals surface area (Å²) in [4.78, 5) is 40.0. The zero-order valence-electron chi connectivity index (χ0n) is 17.7. The van der Waals surface area contributed by atoms with Crippen molar-refractivity contribution in [1.29, 1.82) is 0 Å². The SMILES string of the molecule is CCOC(=O)C1=C(C)N(c2ccc(C)cc2)C(C)=C(C(=O)OCC)C1C(=O)OC. The van der Waals surface area contributed by atoms with Crippen molar-refractivity contribution in [3.05, 3.63) is 52.4 Å². The summed E-state index contributed by atoms with van der Waals surface area (Å²) in [5, 5.41) is 0. The predicted octanol–water partition coefficient (Wildman–Crippen LogP) is 3.28. The standard InChI is InChI=1S/C22H27NO6/c1-7-28-21(25)17-14(4)23(16-11-9-13(3)10-12-16)15(5)18(22(26)29-8-2)19(17)20(24)27-6/h9-12,19H,7-8H2,1-6H3. The largest absolute Gasteiger partial charge is 0.468 e. The number of carbonyl (C=O) groups is 3. The number of hydrogen-bond donors (Lipinski definition) is 0. The highest BCUT2D eigenvalue weighted by atomic mass is 16.5. The van der Waals surface area contributed by atoms with Gasteiger partial charge in [0.2, 0.25) is 0 Å². The van der Waals surface area contributed by atoms with E-state index in [1.54, 1.807) is 32.6 Å². The average Bonchev–Trinajstić information content (AvgIpc) is 2.68. The molecule has 1 aromatic rings. The second-order valence-corrected chi connectivity index (χ2v) is 6.57. The van der Waals surface area contributed by atoms with Crippen LogP contribution in [0.4, 0.5) is 5.69 Å². The Hall–Kier alpha value is -3.09.